The van der Waals surface area contributed by atoms with Gasteiger partial charge < -0.3 is 15.7 Å². The maximum atomic E-state index is 13.8. The van der Waals surface area contributed by atoms with Crippen molar-refractivity contribution in [3.05, 3.63) is 69.4 Å². The molecule has 3 aromatic rings. The first kappa shape index (κ1) is 20.7. The van der Waals surface area contributed by atoms with Gasteiger partial charge in [0.25, 0.3) is 11.8 Å². The van der Waals surface area contributed by atoms with E-state index in [0.717, 1.165) is 6.20 Å². The zero-order valence-electron chi connectivity index (χ0n) is 16.2. The third kappa shape index (κ3) is 4.04. The zero-order chi connectivity index (χ0) is 21.8. The van der Waals surface area contributed by atoms with Gasteiger partial charge in [-0.25, -0.2) is 14.3 Å². The van der Waals surface area contributed by atoms with Crippen LogP contribution < -0.4 is 16.3 Å². The van der Waals surface area contributed by atoms with Gasteiger partial charge in [-0.1, -0.05) is 0 Å². The van der Waals surface area contributed by atoms with Crippen LogP contribution in [-0.2, 0) is 13.1 Å². The molecule has 1 aromatic carbocycles. The number of anilines is 1. The molecule has 0 aliphatic carbocycles. The van der Waals surface area contributed by atoms with E-state index >= 15 is 0 Å². The number of aromatic amines is 1. The predicted molar refractivity (Wildman–Crippen MR) is 105 cm³/mol. The minimum absolute atomic E-state index is 0.00432. The number of amides is 2. The molecule has 0 spiro atoms. The predicted octanol–water partition coefficient (Wildman–Crippen LogP) is 1.32. The maximum absolute atomic E-state index is 13.8. The highest BCUT2D eigenvalue weighted by molar-refractivity contribution is 6.07. The van der Waals surface area contributed by atoms with Gasteiger partial charge in [0.05, 0.1) is 24.0 Å². The summed E-state index contributed by atoms with van der Waals surface area (Å²) in [5.41, 5.74) is -0.191. The third-order valence-corrected chi connectivity index (χ3v) is 4.50. The van der Waals surface area contributed by atoms with Crippen molar-refractivity contribution >= 4 is 17.5 Å². The van der Waals surface area contributed by atoms with Crippen molar-refractivity contribution in [2.24, 2.45) is 0 Å². The summed E-state index contributed by atoms with van der Waals surface area (Å²) in [6, 6.07) is 3.84. The van der Waals surface area contributed by atoms with Crippen molar-refractivity contribution in [2.75, 3.05) is 5.32 Å². The second-order valence-electron chi connectivity index (χ2n) is 6.31. The van der Waals surface area contributed by atoms with Gasteiger partial charge in [-0.3, -0.25) is 19.1 Å². The van der Waals surface area contributed by atoms with Gasteiger partial charge in [0.1, 0.15) is 5.75 Å². The summed E-state index contributed by atoms with van der Waals surface area (Å²) in [4.78, 5) is 40.2. The number of aromatic nitrogens is 4. The van der Waals surface area contributed by atoms with Gasteiger partial charge in [0, 0.05) is 18.3 Å². The molecule has 0 atom stereocenters. The SMILES string of the molecule is CCn1c(CNC(=O)c2ccc(O)c(NC(=O)c3ccncc3F)c2C)n[nH]c1=O. The van der Waals surface area contributed by atoms with Crippen molar-refractivity contribution in [1.29, 1.82) is 0 Å². The number of hydrogen-bond acceptors (Lipinski definition) is 6. The van der Waals surface area contributed by atoms with Crippen LogP contribution in [0.3, 0.4) is 0 Å². The van der Waals surface area contributed by atoms with E-state index in [-0.39, 0.29) is 40.4 Å². The Balaban J connectivity index is 1.81. The Labute approximate surface area is 169 Å². The number of pyridine rings is 1. The van der Waals surface area contributed by atoms with Crippen LogP contribution >= 0.6 is 0 Å². The van der Waals surface area contributed by atoms with Crippen molar-refractivity contribution in [3.8, 4) is 5.75 Å². The van der Waals surface area contributed by atoms with Gasteiger partial charge in [-0.2, -0.15) is 5.10 Å². The number of phenols is 1. The summed E-state index contributed by atoms with van der Waals surface area (Å²) in [5, 5.41) is 21.4. The number of benzene rings is 1. The summed E-state index contributed by atoms with van der Waals surface area (Å²) < 4.78 is 15.2. The normalized spacial score (nSPS) is 10.6. The molecule has 0 unspecified atom stereocenters. The van der Waals surface area contributed by atoms with E-state index in [4.69, 9.17) is 0 Å². The molecule has 11 heteroatoms. The fraction of sp³-hybridized carbons (Fsp3) is 0.211. The lowest BCUT2D eigenvalue weighted by atomic mass is 10.0. The number of rotatable bonds is 6. The molecule has 2 aromatic heterocycles. The highest BCUT2D eigenvalue weighted by Gasteiger charge is 2.19. The smallest absolute Gasteiger partial charge is 0.343 e. The average molecular weight is 414 g/mol. The first-order valence-corrected chi connectivity index (χ1v) is 8.99. The highest BCUT2D eigenvalue weighted by atomic mass is 19.1. The van der Waals surface area contributed by atoms with E-state index in [1.165, 1.54) is 35.9 Å². The Morgan fingerprint density at radius 2 is 2.00 bits per heavy atom. The first-order valence-electron chi connectivity index (χ1n) is 8.99. The van der Waals surface area contributed by atoms with Crippen LogP contribution in [0.4, 0.5) is 10.1 Å². The Morgan fingerprint density at radius 3 is 2.70 bits per heavy atom. The molecule has 2 amide bonds. The average Bonchev–Trinajstić information content (AvgIpc) is 3.09. The molecule has 0 saturated carbocycles. The molecule has 156 valence electrons. The van der Waals surface area contributed by atoms with Crippen LogP contribution in [0.1, 0.15) is 39.0 Å². The minimum atomic E-state index is -0.818. The molecule has 0 fully saturated rings. The zero-order valence-corrected chi connectivity index (χ0v) is 16.2. The molecule has 10 nitrogen and oxygen atoms in total. The summed E-state index contributed by atoms with van der Waals surface area (Å²) >= 11 is 0. The van der Waals surface area contributed by atoms with E-state index < -0.39 is 17.6 Å². The molecule has 2 heterocycles. The van der Waals surface area contributed by atoms with Crippen molar-refractivity contribution < 1.29 is 19.1 Å². The van der Waals surface area contributed by atoms with Crippen LogP contribution in [0.5, 0.6) is 5.75 Å². The van der Waals surface area contributed by atoms with Gasteiger partial charge in [-0.15, -0.1) is 0 Å². The van der Waals surface area contributed by atoms with Crippen LogP contribution in [0.2, 0.25) is 0 Å². The standard InChI is InChI=1S/C19H19FN6O4/c1-3-26-15(24-25-19(26)30)9-22-17(28)11-4-5-14(27)16(10(11)2)23-18(29)12-6-7-21-8-13(12)20/h4-8,27H,3,9H2,1-2H3,(H,22,28)(H,23,29)(H,25,30). The fourth-order valence-corrected chi connectivity index (χ4v) is 2.91. The fourth-order valence-electron chi connectivity index (χ4n) is 2.91. The number of hydrogen-bond donors (Lipinski definition) is 4. The van der Waals surface area contributed by atoms with Crippen LogP contribution in [-0.4, -0.2) is 36.7 Å². The van der Waals surface area contributed by atoms with Crippen molar-refractivity contribution in [2.45, 2.75) is 26.9 Å². The quantitative estimate of drug-likeness (QED) is 0.448. The number of H-pyrrole nitrogens is 1. The second kappa shape index (κ2) is 8.55. The molecular formula is C19H19FN6O4. The van der Waals surface area contributed by atoms with Crippen molar-refractivity contribution in [3.63, 3.8) is 0 Å². The molecule has 0 bridgehead atoms. The summed E-state index contributed by atoms with van der Waals surface area (Å²) in [7, 11) is 0. The summed E-state index contributed by atoms with van der Waals surface area (Å²) in [5.74, 6) is -2.04. The van der Waals surface area contributed by atoms with Crippen LogP contribution in [0, 0.1) is 12.7 Å². The van der Waals surface area contributed by atoms with E-state index in [9.17, 15) is 23.9 Å². The summed E-state index contributed by atoms with van der Waals surface area (Å²) in [6.45, 7) is 3.69. The number of halogens is 1. The lowest BCUT2D eigenvalue weighted by molar-refractivity contribution is 0.0947. The third-order valence-electron chi connectivity index (χ3n) is 4.50. The number of phenolic OH excluding ortho intramolecular Hbond substituents is 1. The Morgan fingerprint density at radius 1 is 1.23 bits per heavy atom. The summed E-state index contributed by atoms with van der Waals surface area (Å²) in [6.07, 6.45) is 2.16. The lowest BCUT2D eigenvalue weighted by Gasteiger charge is -2.14. The molecule has 0 saturated heterocycles. The van der Waals surface area contributed by atoms with Crippen molar-refractivity contribution in [1.82, 2.24) is 25.1 Å². The number of nitrogens with one attached hydrogen (secondary N) is 3. The first-order chi connectivity index (χ1) is 14.3. The minimum Gasteiger partial charge on any atom is -0.506 e. The molecule has 4 N–H and O–H groups in total. The second-order valence-corrected chi connectivity index (χ2v) is 6.31. The number of nitrogens with zero attached hydrogens (tertiary/aromatic N) is 3. The monoisotopic (exact) mass is 414 g/mol. The maximum Gasteiger partial charge on any atom is 0.343 e. The Hall–Kier alpha value is -4.02. The van der Waals surface area contributed by atoms with E-state index in [1.54, 1.807) is 6.92 Å². The van der Waals surface area contributed by atoms with Crippen LogP contribution in [0.25, 0.3) is 0 Å². The highest BCUT2D eigenvalue weighted by Crippen LogP contribution is 2.30. The van der Waals surface area contributed by atoms with Gasteiger partial charge in [0.15, 0.2) is 11.6 Å². The molecule has 0 aliphatic rings. The molecule has 3 rings (SSSR count). The largest absolute Gasteiger partial charge is 0.506 e. The topological polar surface area (TPSA) is 142 Å². The molecular weight excluding hydrogens is 395 g/mol. The Bertz CT molecular complexity index is 1170. The lowest BCUT2D eigenvalue weighted by Crippen LogP contribution is -2.27. The molecule has 30 heavy (non-hydrogen) atoms. The van der Waals surface area contributed by atoms with Crippen LogP contribution in [0.15, 0.2) is 35.4 Å². The van der Waals surface area contributed by atoms with E-state index in [2.05, 4.69) is 25.8 Å². The van der Waals surface area contributed by atoms with E-state index in [0.29, 0.717) is 12.4 Å². The van der Waals surface area contributed by atoms with Gasteiger partial charge >= 0.3 is 5.69 Å². The Kier molecular flexibility index (Phi) is 5.90. The number of aromatic hydroxyl groups is 1. The number of carbonyl (C=O) groups excluding carboxylic acids is 2. The van der Waals surface area contributed by atoms with Gasteiger partial charge in [-0.05, 0) is 37.6 Å². The molecule has 0 aliphatic heterocycles. The number of carbonyl (C=O) groups is 2. The van der Waals surface area contributed by atoms with E-state index in [1.807, 2.05) is 0 Å². The van der Waals surface area contributed by atoms with Gasteiger partial charge in [0.2, 0.25) is 0 Å². The molecule has 0 radical (unpaired) electrons.